The second kappa shape index (κ2) is 4.66. The van der Waals surface area contributed by atoms with E-state index in [1.54, 1.807) is 6.20 Å². The van der Waals surface area contributed by atoms with Crippen LogP contribution in [0.3, 0.4) is 0 Å². The molecular formula is C10H15N3S. The monoisotopic (exact) mass is 209 g/mol. The van der Waals surface area contributed by atoms with Crippen LogP contribution in [0.1, 0.15) is 5.56 Å². The van der Waals surface area contributed by atoms with E-state index in [-0.39, 0.29) is 0 Å². The topological polar surface area (TPSA) is 42.1 Å². The van der Waals surface area contributed by atoms with Gasteiger partial charge in [-0.25, -0.2) is 4.98 Å². The van der Waals surface area contributed by atoms with Gasteiger partial charge in [0.05, 0.1) is 0 Å². The predicted molar refractivity (Wildman–Crippen MR) is 61.3 cm³/mol. The quantitative estimate of drug-likeness (QED) is 0.795. The van der Waals surface area contributed by atoms with E-state index in [0.717, 1.165) is 6.54 Å². The molecule has 76 valence electrons. The average molecular weight is 209 g/mol. The predicted octanol–water partition coefficient (Wildman–Crippen LogP) is 1.21. The van der Waals surface area contributed by atoms with Gasteiger partial charge in [-0.3, -0.25) is 4.90 Å². The van der Waals surface area contributed by atoms with Gasteiger partial charge < -0.3 is 5.73 Å². The van der Waals surface area contributed by atoms with Crippen LogP contribution in [0.25, 0.3) is 0 Å². The van der Waals surface area contributed by atoms with E-state index in [1.165, 1.54) is 30.2 Å². The van der Waals surface area contributed by atoms with Crippen LogP contribution in [0.15, 0.2) is 18.3 Å². The Bertz CT molecular complexity index is 297. The van der Waals surface area contributed by atoms with E-state index < -0.39 is 0 Å². The van der Waals surface area contributed by atoms with Crippen molar-refractivity contribution in [3.05, 3.63) is 23.9 Å². The number of nitrogen functional groups attached to an aromatic ring is 1. The largest absolute Gasteiger partial charge is 0.384 e. The number of hydrogen-bond donors (Lipinski definition) is 1. The lowest BCUT2D eigenvalue weighted by Crippen LogP contribution is -2.31. The van der Waals surface area contributed by atoms with E-state index in [1.807, 2.05) is 23.9 Å². The van der Waals surface area contributed by atoms with Crippen molar-refractivity contribution in [2.75, 3.05) is 30.3 Å². The highest BCUT2D eigenvalue weighted by molar-refractivity contribution is 7.99. The fourth-order valence-corrected chi connectivity index (χ4v) is 2.59. The summed E-state index contributed by atoms with van der Waals surface area (Å²) in [5, 5.41) is 0. The summed E-state index contributed by atoms with van der Waals surface area (Å²) >= 11 is 2.03. The van der Waals surface area contributed by atoms with Crippen LogP contribution in [0, 0.1) is 0 Å². The molecule has 14 heavy (non-hydrogen) atoms. The van der Waals surface area contributed by atoms with Gasteiger partial charge in [0.15, 0.2) is 0 Å². The first-order valence-electron chi connectivity index (χ1n) is 4.85. The van der Waals surface area contributed by atoms with Gasteiger partial charge in [-0.15, -0.1) is 0 Å². The summed E-state index contributed by atoms with van der Waals surface area (Å²) in [6.45, 7) is 3.38. The molecule has 0 atom stereocenters. The molecule has 0 saturated carbocycles. The smallest absolute Gasteiger partial charge is 0.123 e. The van der Waals surface area contributed by atoms with Crippen LogP contribution in [-0.2, 0) is 6.54 Å². The number of thioether (sulfide) groups is 1. The summed E-state index contributed by atoms with van der Waals surface area (Å²) < 4.78 is 0. The molecule has 0 unspecified atom stereocenters. The van der Waals surface area contributed by atoms with Crippen LogP contribution in [0.5, 0.6) is 0 Å². The number of anilines is 1. The maximum absolute atomic E-state index is 5.63. The van der Waals surface area contributed by atoms with Crippen molar-refractivity contribution in [3.63, 3.8) is 0 Å². The number of nitrogens with two attached hydrogens (primary N) is 1. The Morgan fingerprint density at radius 3 is 2.93 bits per heavy atom. The number of aromatic nitrogens is 1. The van der Waals surface area contributed by atoms with Crippen molar-refractivity contribution >= 4 is 17.6 Å². The zero-order valence-electron chi connectivity index (χ0n) is 8.15. The van der Waals surface area contributed by atoms with Gasteiger partial charge in [0.25, 0.3) is 0 Å². The molecule has 1 aliphatic rings. The minimum Gasteiger partial charge on any atom is -0.384 e. The van der Waals surface area contributed by atoms with E-state index in [0.29, 0.717) is 5.82 Å². The first-order valence-corrected chi connectivity index (χ1v) is 6.00. The van der Waals surface area contributed by atoms with Crippen LogP contribution in [-0.4, -0.2) is 34.5 Å². The van der Waals surface area contributed by atoms with Gasteiger partial charge >= 0.3 is 0 Å². The van der Waals surface area contributed by atoms with Crippen molar-refractivity contribution in [1.82, 2.24) is 9.88 Å². The number of hydrogen-bond acceptors (Lipinski definition) is 4. The van der Waals surface area contributed by atoms with Crippen LogP contribution < -0.4 is 5.73 Å². The van der Waals surface area contributed by atoms with Gasteiger partial charge in [-0.2, -0.15) is 11.8 Å². The molecule has 0 bridgehead atoms. The summed E-state index contributed by atoms with van der Waals surface area (Å²) in [5.41, 5.74) is 6.90. The Hall–Kier alpha value is -0.740. The highest BCUT2D eigenvalue weighted by Crippen LogP contribution is 2.13. The fourth-order valence-electron chi connectivity index (χ4n) is 1.61. The van der Waals surface area contributed by atoms with Gasteiger partial charge in [0, 0.05) is 37.3 Å². The van der Waals surface area contributed by atoms with Gasteiger partial charge in [-0.05, 0) is 17.7 Å². The number of rotatable bonds is 2. The van der Waals surface area contributed by atoms with Gasteiger partial charge in [0.1, 0.15) is 5.82 Å². The molecule has 0 spiro atoms. The van der Waals surface area contributed by atoms with Crippen molar-refractivity contribution in [2.45, 2.75) is 6.54 Å². The molecule has 1 fully saturated rings. The molecule has 0 aliphatic carbocycles. The van der Waals surface area contributed by atoms with E-state index in [9.17, 15) is 0 Å². The Balaban J connectivity index is 1.95. The Labute approximate surface area is 88.7 Å². The Morgan fingerprint density at radius 1 is 1.43 bits per heavy atom. The van der Waals surface area contributed by atoms with Crippen molar-refractivity contribution in [1.29, 1.82) is 0 Å². The van der Waals surface area contributed by atoms with E-state index in [4.69, 9.17) is 5.73 Å². The molecule has 0 radical (unpaired) electrons. The lowest BCUT2D eigenvalue weighted by Gasteiger charge is -2.26. The Morgan fingerprint density at radius 2 is 2.21 bits per heavy atom. The highest BCUT2D eigenvalue weighted by Gasteiger charge is 2.10. The van der Waals surface area contributed by atoms with Gasteiger partial charge in [-0.1, -0.05) is 0 Å². The van der Waals surface area contributed by atoms with Crippen molar-refractivity contribution in [3.8, 4) is 0 Å². The molecule has 3 nitrogen and oxygen atoms in total. The first kappa shape index (κ1) is 9.80. The molecule has 1 aromatic rings. The maximum Gasteiger partial charge on any atom is 0.123 e. The zero-order valence-corrected chi connectivity index (χ0v) is 8.96. The fraction of sp³-hybridized carbons (Fsp3) is 0.500. The molecule has 0 amide bonds. The third kappa shape index (κ3) is 2.62. The maximum atomic E-state index is 5.63. The standard InChI is InChI=1S/C10H15N3S/c11-10-7-9(1-2-12-10)8-13-3-5-14-6-4-13/h1-2,7H,3-6,8H2,(H2,11,12). The highest BCUT2D eigenvalue weighted by atomic mass is 32.2. The SMILES string of the molecule is Nc1cc(CN2CCSCC2)ccn1. The summed E-state index contributed by atoms with van der Waals surface area (Å²) in [6, 6.07) is 4.00. The summed E-state index contributed by atoms with van der Waals surface area (Å²) in [7, 11) is 0. The minimum atomic E-state index is 0.619. The number of pyridine rings is 1. The molecule has 2 heterocycles. The lowest BCUT2D eigenvalue weighted by atomic mass is 10.2. The Kier molecular flexibility index (Phi) is 3.26. The molecule has 4 heteroatoms. The zero-order chi connectivity index (χ0) is 9.80. The molecule has 2 N–H and O–H groups in total. The summed E-state index contributed by atoms with van der Waals surface area (Å²) in [4.78, 5) is 6.45. The average Bonchev–Trinajstić information content (AvgIpc) is 2.19. The third-order valence-electron chi connectivity index (χ3n) is 2.36. The molecule has 1 aromatic heterocycles. The molecule has 1 aliphatic heterocycles. The van der Waals surface area contributed by atoms with Crippen LogP contribution >= 0.6 is 11.8 Å². The summed E-state index contributed by atoms with van der Waals surface area (Å²) in [6.07, 6.45) is 1.78. The van der Waals surface area contributed by atoms with E-state index in [2.05, 4.69) is 9.88 Å². The second-order valence-electron chi connectivity index (χ2n) is 3.48. The molecule has 0 aromatic carbocycles. The lowest BCUT2D eigenvalue weighted by molar-refractivity contribution is 0.294. The van der Waals surface area contributed by atoms with Gasteiger partial charge in [0.2, 0.25) is 0 Å². The summed E-state index contributed by atoms with van der Waals surface area (Å²) in [5.74, 6) is 3.12. The molecular weight excluding hydrogens is 194 g/mol. The van der Waals surface area contributed by atoms with Crippen molar-refractivity contribution in [2.24, 2.45) is 0 Å². The van der Waals surface area contributed by atoms with Crippen LogP contribution in [0.4, 0.5) is 5.82 Å². The minimum absolute atomic E-state index is 0.619. The second-order valence-corrected chi connectivity index (χ2v) is 4.70. The first-order chi connectivity index (χ1) is 6.84. The molecule has 1 saturated heterocycles. The third-order valence-corrected chi connectivity index (χ3v) is 3.30. The van der Waals surface area contributed by atoms with E-state index >= 15 is 0 Å². The van der Waals surface area contributed by atoms with Crippen molar-refractivity contribution < 1.29 is 0 Å². The number of nitrogens with zero attached hydrogens (tertiary/aromatic N) is 2. The normalized spacial score (nSPS) is 18.3. The molecule has 2 rings (SSSR count). The van der Waals surface area contributed by atoms with Crippen LogP contribution in [0.2, 0.25) is 0 Å².